The van der Waals surface area contributed by atoms with Crippen LogP contribution in [-0.2, 0) is 4.79 Å². The van der Waals surface area contributed by atoms with Crippen molar-refractivity contribution in [3.8, 4) is 17.0 Å². The zero-order chi connectivity index (χ0) is 17.8. The van der Waals surface area contributed by atoms with Gasteiger partial charge < -0.3 is 4.74 Å². The Morgan fingerprint density at radius 3 is 2.68 bits per heavy atom. The third-order valence-corrected chi connectivity index (χ3v) is 4.66. The minimum atomic E-state index is -0.734. The summed E-state index contributed by atoms with van der Waals surface area (Å²) in [6.07, 6.45) is -0.734. The number of thiazole rings is 1. The Labute approximate surface area is 159 Å². The molecule has 3 rings (SSSR count). The molecule has 0 aliphatic carbocycles. The van der Waals surface area contributed by atoms with Gasteiger partial charge in [-0.25, -0.2) is 4.98 Å². The molecule has 0 spiro atoms. The van der Waals surface area contributed by atoms with Crippen LogP contribution in [0.4, 0.5) is 5.13 Å². The maximum atomic E-state index is 12.3. The lowest BCUT2D eigenvalue weighted by molar-refractivity contribution is -0.122. The van der Waals surface area contributed by atoms with Crippen molar-refractivity contribution in [3.63, 3.8) is 0 Å². The highest BCUT2D eigenvalue weighted by atomic mass is 35.5. The van der Waals surface area contributed by atoms with Gasteiger partial charge in [-0.15, -0.1) is 11.3 Å². The number of hydrogen-bond acceptors (Lipinski definition) is 4. The number of rotatable bonds is 5. The molecule has 0 bridgehead atoms. The van der Waals surface area contributed by atoms with Crippen molar-refractivity contribution < 1.29 is 9.53 Å². The number of carbonyl (C=O) groups excluding carboxylic acids is 1. The number of carbonyl (C=O) groups is 1. The minimum Gasteiger partial charge on any atom is -0.479 e. The first-order valence-electron chi connectivity index (χ1n) is 7.46. The molecule has 0 aliphatic rings. The second-order valence-electron chi connectivity index (χ2n) is 5.23. The molecule has 1 aromatic heterocycles. The van der Waals surface area contributed by atoms with Crippen LogP contribution in [0.3, 0.4) is 0 Å². The van der Waals surface area contributed by atoms with E-state index in [2.05, 4.69) is 10.3 Å². The van der Waals surface area contributed by atoms with E-state index in [4.69, 9.17) is 27.9 Å². The molecular formula is C18H14Cl2N2O2S. The Morgan fingerprint density at radius 2 is 1.96 bits per heavy atom. The van der Waals surface area contributed by atoms with E-state index >= 15 is 0 Å². The van der Waals surface area contributed by atoms with E-state index in [1.165, 1.54) is 11.3 Å². The molecular weight excluding hydrogens is 379 g/mol. The molecule has 0 saturated heterocycles. The van der Waals surface area contributed by atoms with Gasteiger partial charge in [-0.1, -0.05) is 53.5 Å². The van der Waals surface area contributed by atoms with Gasteiger partial charge in [0.05, 0.1) is 10.7 Å². The van der Waals surface area contributed by atoms with E-state index < -0.39 is 6.10 Å². The monoisotopic (exact) mass is 392 g/mol. The Balaban J connectivity index is 1.65. The van der Waals surface area contributed by atoms with Crippen molar-refractivity contribution in [2.24, 2.45) is 0 Å². The molecule has 0 saturated carbocycles. The van der Waals surface area contributed by atoms with E-state index in [9.17, 15) is 4.79 Å². The molecule has 0 fully saturated rings. The fourth-order valence-electron chi connectivity index (χ4n) is 2.09. The zero-order valence-electron chi connectivity index (χ0n) is 13.2. The van der Waals surface area contributed by atoms with Crippen LogP contribution in [-0.4, -0.2) is 17.0 Å². The molecule has 1 N–H and O–H groups in total. The second-order valence-corrected chi connectivity index (χ2v) is 6.93. The van der Waals surface area contributed by atoms with Crippen molar-refractivity contribution in [2.75, 3.05) is 5.32 Å². The molecule has 25 heavy (non-hydrogen) atoms. The first-order valence-corrected chi connectivity index (χ1v) is 9.10. The number of hydrogen-bond donors (Lipinski definition) is 1. The molecule has 4 nitrogen and oxygen atoms in total. The summed E-state index contributed by atoms with van der Waals surface area (Å²) in [6.45, 7) is 1.64. The first-order chi connectivity index (χ1) is 12.0. The van der Waals surface area contributed by atoms with Crippen molar-refractivity contribution in [3.05, 3.63) is 64.0 Å². The lowest BCUT2D eigenvalue weighted by Crippen LogP contribution is -2.30. The van der Waals surface area contributed by atoms with Crippen LogP contribution in [0.2, 0.25) is 10.0 Å². The third kappa shape index (κ3) is 4.51. The van der Waals surface area contributed by atoms with Gasteiger partial charge in [-0.2, -0.15) is 0 Å². The molecule has 3 aromatic rings. The van der Waals surface area contributed by atoms with E-state index in [0.29, 0.717) is 20.9 Å². The average molecular weight is 393 g/mol. The van der Waals surface area contributed by atoms with Gasteiger partial charge in [0.2, 0.25) is 0 Å². The summed E-state index contributed by atoms with van der Waals surface area (Å²) in [6, 6.07) is 14.6. The van der Waals surface area contributed by atoms with Crippen molar-refractivity contribution >= 4 is 45.6 Å². The summed E-state index contributed by atoms with van der Waals surface area (Å²) < 4.78 is 5.60. The number of nitrogens with one attached hydrogen (secondary N) is 1. The van der Waals surface area contributed by atoms with Gasteiger partial charge in [0.1, 0.15) is 5.75 Å². The molecule has 128 valence electrons. The Kier molecular flexibility index (Phi) is 5.58. The molecule has 0 radical (unpaired) electrons. The summed E-state index contributed by atoms with van der Waals surface area (Å²) in [5, 5.41) is 6.03. The molecule has 1 atom stereocenters. The van der Waals surface area contributed by atoms with Gasteiger partial charge in [-0.05, 0) is 25.1 Å². The highest BCUT2D eigenvalue weighted by Gasteiger charge is 2.18. The van der Waals surface area contributed by atoms with E-state index in [-0.39, 0.29) is 5.91 Å². The van der Waals surface area contributed by atoms with E-state index in [0.717, 1.165) is 11.3 Å². The lowest BCUT2D eigenvalue weighted by atomic mass is 10.2. The number of aromatic nitrogens is 1. The smallest absolute Gasteiger partial charge is 0.266 e. The fourth-order valence-corrected chi connectivity index (χ4v) is 3.27. The number of benzene rings is 2. The highest BCUT2D eigenvalue weighted by molar-refractivity contribution is 7.14. The Morgan fingerprint density at radius 1 is 1.20 bits per heavy atom. The normalized spacial score (nSPS) is 11.8. The van der Waals surface area contributed by atoms with Crippen LogP contribution in [0.15, 0.2) is 53.9 Å². The van der Waals surface area contributed by atoms with Gasteiger partial charge in [-0.3, -0.25) is 10.1 Å². The zero-order valence-corrected chi connectivity index (χ0v) is 15.5. The van der Waals surface area contributed by atoms with Crippen molar-refractivity contribution in [2.45, 2.75) is 13.0 Å². The number of ether oxygens (including phenoxy) is 1. The lowest BCUT2D eigenvalue weighted by Gasteiger charge is -2.14. The van der Waals surface area contributed by atoms with Gasteiger partial charge in [0, 0.05) is 16.0 Å². The SMILES string of the molecule is C[C@H](Oc1ccc(Cl)cc1Cl)C(=O)Nc1nc(-c2ccccc2)cs1. The molecule has 0 aliphatic heterocycles. The van der Waals surface area contributed by atoms with E-state index in [1.807, 2.05) is 35.7 Å². The molecule has 2 aromatic carbocycles. The highest BCUT2D eigenvalue weighted by Crippen LogP contribution is 2.29. The van der Waals surface area contributed by atoms with E-state index in [1.54, 1.807) is 25.1 Å². The summed E-state index contributed by atoms with van der Waals surface area (Å²) in [4.78, 5) is 16.7. The number of amides is 1. The predicted octanol–water partition coefficient (Wildman–Crippen LogP) is 5.52. The van der Waals surface area contributed by atoms with Crippen LogP contribution in [0.1, 0.15) is 6.92 Å². The Hall–Kier alpha value is -2.08. The van der Waals surface area contributed by atoms with Gasteiger partial charge >= 0.3 is 0 Å². The van der Waals surface area contributed by atoms with Gasteiger partial charge in [0.15, 0.2) is 11.2 Å². The maximum absolute atomic E-state index is 12.3. The maximum Gasteiger partial charge on any atom is 0.266 e. The average Bonchev–Trinajstić information content (AvgIpc) is 3.06. The van der Waals surface area contributed by atoms with Crippen molar-refractivity contribution in [1.82, 2.24) is 4.98 Å². The molecule has 1 heterocycles. The number of nitrogens with zero attached hydrogens (tertiary/aromatic N) is 1. The van der Waals surface area contributed by atoms with Crippen LogP contribution < -0.4 is 10.1 Å². The standard InChI is InChI=1S/C18H14Cl2N2O2S/c1-11(24-16-8-7-13(19)9-14(16)20)17(23)22-18-21-15(10-25-18)12-5-3-2-4-6-12/h2-11H,1H3,(H,21,22,23)/t11-/m0/s1. The fraction of sp³-hybridized carbons (Fsp3) is 0.111. The minimum absolute atomic E-state index is 0.306. The largest absolute Gasteiger partial charge is 0.479 e. The summed E-state index contributed by atoms with van der Waals surface area (Å²) in [5.41, 5.74) is 1.81. The Bertz CT molecular complexity index is 884. The van der Waals surface area contributed by atoms with Crippen LogP contribution >= 0.6 is 34.5 Å². The third-order valence-electron chi connectivity index (χ3n) is 3.37. The quantitative estimate of drug-likeness (QED) is 0.621. The summed E-state index contributed by atoms with van der Waals surface area (Å²) in [7, 11) is 0. The van der Waals surface area contributed by atoms with Crippen LogP contribution in [0, 0.1) is 0 Å². The van der Waals surface area contributed by atoms with Gasteiger partial charge in [0.25, 0.3) is 5.91 Å². The summed E-state index contributed by atoms with van der Waals surface area (Å²) >= 11 is 13.3. The van der Waals surface area contributed by atoms with Crippen LogP contribution in [0.25, 0.3) is 11.3 Å². The molecule has 7 heteroatoms. The molecule has 1 amide bonds. The van der Waals surface area contributed by atoms with Crippen molar-refractivity contribution in [1.29, 1.82) is 0 Å². The number of anilines is 1. The topological polar surface area (TPSA) is 51.2 Å². The number of halogens is 2. The first kappa shape index (κ1) is 17.7. The molecule has 0 unspecified atom stereocenters. The summed E-state index contributed by atoms with van der Waals surface area (Å²) in [5.74, 6) is 0.0952. The second kappa shape index (κ2) is 7.87. The predicted molar refractivity (Wildman–Crippen MR) is 103 cm³/mol. The van der Waals surface area contributed by atoms with Crippen LogP contribution in [0.5, 0.6) is 5.75 Å².